The number of hydrazine groups is 2. The molecule has 0 spiro atoms. The maximum absolute atomic E-state index is 12.0. The van der Waals surface area contributed by atoms with E-state index >= 15 is 0 Å². The van der Waals surface area contributed by atoms with E-state index < -0.39 is 21.9 Å². The predicted molar refractivity (Wildman–Crippen MR) is 102 cm³/mol. The molecular weight excluding hydrogens is 430 g/mol. The van der Waals surface area contributed by atoms with Gasteiger partial charge in [0.1, 0.15) is 5.76 Å². The summed E-state index contributed by atoms with van der Waals surface area (Å²) >= 11 is 6.12. The number of esters is 1. The molecule has 0 bridgehead atoms. The average Bonchev–Trinajstić information content (AvgIpc) is 3.19. The Morgan fingerprint density at radius 3 is 2.45 bits per heavy atom. The topological polar surface area (TPSA) is 196 Å². The van der Waals surface area contributed by atoms with Crippen LogP contribution in [-0.2, 0) is 25.9 Å². The number of carbonyl (C=O) groups is 3. The monoisotopic (exact) mass is 447 g/mol. The van der Waals surface area contributed by atoms with E-state index in [0.717, 1.165) is 12.3 Å². The third-order valence-electron chi connectivity index (χ3n) is 3.08. The van der Waals surface area contributed by atoms with Crippen LogP contribution in [0, 0.1) is 0 Å². The number of hydrogen-bond donors (Lipinski definition) is 5. The van der Waals surface area contributed by atoms with Gasteiger partial charge in [-0.15, -0.1) is 0 Å². The van der Waals surface area contributed by atoms with Crippen molar-refractivity contribution in [2.45, 2.75) is 11.4 Å². The lowest BCUT2D eigenvalue weighted by Crippen LogP contribution is -2.32. The van der Waals surface area contributed by atoms with Crippen molar-refractivity contribution >= 4 is 45.6 Å². The van der Waals surface area contributed by atoms with Crippen molar-refractivity contribution in [2.75, 3.05) is 11.6 Å². The summed E-state index contributed by atoms with van der Waals surface area (Å²) in [5.41, 5.74) is 3.33. The Labute approximate surface area is 170 Å². The highest BCUT2D eigenvalue weighted by atomic mass is 35.5. The van der Waals surface area contributed by atoms with Gasteiger partial charge in [-0.25, -0.2) is 29.7 Å². The standard InChI is InChI=1S/C14H14ClN3O6S.CH4N2O/c1-25(21,22)11-6-8(13(19)24-14(20)18-16)5-10(12(11)15)17-7-9-3-2-4-23-9;2-3-1-4/h2-6,17H,7,16H2,1H3,(H,18,20);1H,2H2,(H,3,4). The highest BCUT2D eigenvalue weighted by Gasteiger charge is 2.22. The van der Waals surface area contributed by atoms with Gasteiger partial charge in [0.2, 0.25) is 6.41 Å². The van der Waals surface area contributed by atoms with Crippen molar-refractivity contribution in [3.05, 3.63) is 46.9 Å². The highest BCUT2D eigenvalue weighted by molar-refractivity contribution is 7.90. The van der Waals surface area contributed by atoms with E-state index in [0.29, 0.717) is 12.2 Å². The van der Waals surface area contributed by atoms with Gasteiger partial charge in [-0.2, -0.15) is 0 Å². The molecule has 1 heterocycles. The van der Waals surface area contributed by atoms with Crippen molar-refractivity contribution in [3.8, 4) is 0 Å². The lowest BCUT2D eigenvalue weighted by Gasteiger charge is -2.12. The van der Waals surface area contributed by atoms with Crippen molar-refractivity contribution in [1.82, 2.24) is 10.9 Å². The second-order valence-corrected chi connectivity index (χ2v) is 7.51. The van der Waals surface area contributed by atoms with Crippen LogP contribution in [0.5, 0.6) is 0 Å². The molecule has 2 aromatic rings. The fourth-order valence-corrected chi connectivity index (χ4v) is 3.26. The first-order valence-electron chi connectivity index (χ1n) is 7.56. The van der Waals surface area contributed by atoms with Gasteiger partial charge in [-0.3, -0.25) is 15.6 Å². The number of halogens is 1. The number of ether oxygens (including phenoxy) is 1. The number of benzene rings is 1. The summed E-state index contributed by atoms with van der Waals surface area (Å²) in [6, 6.07) is 5.65. The zero-order valence-corrected chi connectivity index (χ0v) is 16.5. The van der Waals surface area contributed by atoms with E-state index in [1.54, 1.807) is 23.0 Å². The molecule has 12 nitrogen and oxygen atoms in total. The average molecular weight is 448 g/mol. The van der Waals surface area contributed by atoms with E-state index in [1.165, 1.54) is 12.3 Å². The van der Waals surface area contributed by atoms with Crippen LogP contribution in [0.4, 0.5) is 10.5 Å². The minimum atomic E-state index is -3.75. The zero-order chi connectivity index (χ0) is 22.0. The first-order valence-corrected chi connectivity index (χ1v) is 9.83. The lowest BCUT2D eigenvalue weighted by molar-refractivity contribution is -0.109. The number of nitrogens with two attached hydrogens (primary N) is 2. The summed E-state index contributed by atoms with van der Waals surface area (Å²) in [6.45, 7) is 0.192. The van der Waals surface area contributed by atoms with Gasteiger partial charge in [0.05, 0.1) is 34.0 Å². The fraction of sp³-hybridized carbons (Fsp3) is 0.133. The molecule has 0 unspecified atom stereocenters. The predicted octanol–water partition coefficient (Wildman–Crippen LogP) is 0.295. The third-order valence-corrected chi connectivity index (χ3v) is 4.72. The molecule has 0 saturated carbocycles. The van der Waals surface area contributed by atoms with Crippen LogP contribution in [0.1, 0.15) is 16.1 Å². The summed E-state index contributed by atoms with van der Waals surface area (Å²) in [6.07, 6.45) is 1.62. The summed E-state index contributed by atoms with van der Waals surface area (Å²) < 4.78 is 33.4. The van der Waals surface area contributed by atoms with E-state index in [1.807, 2.05) is 0 Å². The molecule has 0 aliphatic heterocycles. The van der Waals surface area contributed by atoms with Gasteiger partial charge in [0.15, 0.2) is 9.84 Å². The lowest BCUT2D eigenvalue weighted by atomic mass is 10.2. The van der Waals surface area contributed by atoms with Crippen LogP contribution in [0.2, 0.25) is 5.02 Å². The number of hydrogen-bond acceptors (Lipinski definition) is 10. The van der Waals surface area contributed by atoms with Crippen LogP contribution in [0.25, 0.3) is 0 Å². The first-order chi connectivity index (χ1) is 13.6. The van der Waals surface area contributed by atoms with E-state index in [-0.39, 0.29) is 27.7 Å². The molecular formula is C15H18ClN5O7S. The van der Waals surface area contributed by atoms with Crippen molar-refractivity contribution in [3.63, 3.8) is 0 Å². The normalized spacial score (nSPS) is 10.2. The zero-order valence-electron chi connectivity index (χ0n) is 15.0. The molecule has 2 amide bonds. The second kappa shape index (κ2) is 11.0. The Morgan fingerprint density at radius 2 is 1.97 bits per heavy atom. The van der Waals surface area contributed by atoms with Gasteiger partial charge in [0, 0.05) is 6.26 Å². The first kappa shape index (κ1) is 23.9. The number of furan rings is 1. The van der Waals surface area contributed by atoms with Gasteiger partial charge in [-0.1, -0.05) is 11.6 Å². The second-order valence-electron chi connectivity index (χ2n) is 5.15. The molecule has 0 atom stereocenters. The van der Waals surface area contributed by atoms with E-state index in [2.05, 4.69) is 15.9 Å². The maximum Gasteiger partial charge on any atom is 0.429 e. The van der Waals surface area contributed by atoms with Gasteiger partial charge in [-0.05, 0) is 24.3 Å². The van der Waals surface area contributed by atoms with Crippen molar-refractivity contribution < 1.29 is 32.0 Å². The van der Waals surface area contributed by atoms with Crippen LogP contribution in [-0.4, -0.2) is 33.1 Å². The van der Waals surface area contributed by atoms with Crippen LogP contribution >= 0.6 is 11.6 Å². The number of nitrogens with one attached hydrogen (secondary N) is 3. The Hall–Kier alpha value is -3.13. The number of carbonyl (C=O) groups excluding carboxylic acids is 3. The molecule has 158 valence electrons. The van der Waals surface area contributed by atoms with Gasteiger partial charge < -0.3 is 14.5 Å². The molecule has 7 N–H and O–H groups in total. The van der Waals surface area contributed by atoms with Crippen LogP contribution in [0.3, 0.4) is 0 Å². The number of anilines is 1. The Balaban J connectivity index is 0.000000960. The van der Waals surface area contributed by atoms with Gasteiger partial charge >= 0.3 is 12.1 Å². The summed E-state index contributed by atoms with van der Waals surface area (Å²) in [4.78, 5) is 31.7. The molecule has 29 heavy (non-hydrogen) atoms. The highest BCUT2D eigenvalue weighted by Crippen LogP contribution is 2.32. The minimum absolute atomic E-state index is 0.103. The summed E-state index contributed by atoms with van der Waals surface area (Å²) in [7, 11) is -3.75. The third kappa shape index (κ3) is 7.42. The number of sulfone groups is 1. The Bertz CT molecular complexity index is 964. The fourth-order valence-electron chi connectivity index (χ4n) is 1.88. The molecule has 1 aromatic heterocycles. The maximum atomic E-state index is 12.0. The molecule has 1 aromatic carbocycles. The largest absolute Gasteiger partial charge is 0.467 e. The minimum Gasteiger partial charge on any atom is -0.467 e. The summed E-state index contributed by atoms with van der Waals surface area (Å²) in [5, 5.41) is 2.76. The molecule has 0 saturated heterocycles. The van der Waals surface area contributed by atoms with E-state index in [4.69, 9.17) is 26.7 Å². The molecule has 0 aliphatic carbocycles. The van der Waals surface area contributed by atoms with Crippen LogP contribution < -0.4 is 27.9 Å². The quantitative estimate of drug-likeness (QED) is 0.102. The molecule has 0 fully saturated rings. The van der Waals surface area contributed by atoms with E-state index in [9.17, 15) is 18.0 Å². The molecule has 14 heteroatoms. The Kier molecular flexibility index (Phi) is 9.08. The SMILES string of the molecule is CS(=O)(=O)c1cc(C(=O)OC(=O)NN)cc(NCc2ccco2)c1Cl.NNC=O. The number of rotatable bonds is 6. The Morgan fingerprint density at radius 1 is 1.31 bits per heavy atom. The van der Waals surface area contributed by atoms with Crippen molar-refractivity contribution in [2.24, 2.45) is 11.7 Å². The van der Waals surface area contributed by atoms with Crippen molar-refractivity contribution in [1.29, 1.82) is 0 Å². The summed E-state index contributed by atoms with van der Waals surface area (Å²) in [5.74, 6) is 8.72. The molecule has 0 radical (unpaired) electrons. The molecule has 0 aliphatic rings. The van der Waals surface area contributed by atoms with Gasteiger partial charge in [0.25, 0.3) is 0 Å². The molecule has 2 rings (SSSR count). The smallest absolute Gasteiger partial charge is 0.429 e. The number of amides is 2. The van der Waals surface area contributed by atoms with Crippen LogP contribution in [0.15, 0.2) is 39.8 Å².